The summed E-state index contributed by atoms with van der Waals surface area (Å²) in [5.74, 6) is 0.116. The van der Waals surface area contributed by atoms with Crippen LogP contribution in [-0.2, 0) is 14.6 Å². The second-order valence-corrected chi connectivity index (χ2v) is 5.08. The van der Waals surface area contributed by atoms with Crippen molar-refractivity contribution in [2.24, 2.45) is 0 Å². The Labute approximate surface area is 65.2 Å². The highest BCUT2D eigenvalue weighted by molar-refractivity contribution is 7.91. The molecular formula is C5H9ClO3S. The molecule has 2 atom stereocenters. The third kappa shape index (κ3) is 1.62. The van der Waals surface area contributed by atoms with E-state index in [1.54, 1.807) is 0 Å². The van der Waals surface area contributed by atoms with Crippen LogP contribution in [0.3, 0.4) is 0 Å². The van der Waals surface area contributed by atoms with E-state index in [4.69, 9.17) is 16.3 Å². The van der Waals surface area contributed by atoms with E-state index >= 15 is 0 Å². The van der Waals surface area contributed by atoms with Crippen LogP contribution in [0.2, 0.25) is 0 Å². The molecule has 0 radical (unpaired) electrons. The predicted molar refractivity (Wildman–Crippen MR) is 39.1 cm³/mol. The molecule has 5 heteroatoms. The lowest BCUT2D eigenvalue weighted by Crippen LogP contribution is -2.20. The Morgan fingerprint density at radius 3 is 2.30 bits per heavy atom. The van der Waals surface area contributed by atoms with Crippen LogP contribution in [0.1, 0.15) is 0 Å². The van der Waals surface area contributed by atoms with Crippen molar-refractivity contribution in [1.82, 2.24) is 0 Å². The molecule has 0 spiro atoms. The first-order chi connectivity index (χ1) is 4.55. The van der Waals surface area contributed by atoms with E-state index in [1.807, 2.05) is 0 Å². The summed E-state index contributed by atoms with van der Waals surface area (Å²) < 4.78 is 26.5. The Morgan fingerprint density at radius 2 is 2.10 bits per heavy atom. The van der Waals surface area contributed by atoms with Gasteiger partial charge < -0.3 is 4.74 Å². The third-order valence-electron chi connectivity index (χ3n) is 1.54. The van der Waals surface area contributed by atoms with Gasteiger partial charge in [0.25, 0.3) is 0 Å². The standard InChI is InChI=1S/C5H9ClO3S/c1-9-5-3-10(7,8)2-4(5)6/h4-5H,2-3H2,1H3/t4-,5-/m0/s1. The van der Waals surface area contributed by atoms with Crippen LogP contribution in [0.25, 0.3) is 0 Å². The lowest BCUT2D eigenvalue weighted by Gasteiger charge is -2.07. The maximum absolute atomic E-state index is 10.8. The van der Waals surface area contributed by atoms with Gasteiger partial charge in [-0.05, 0) is 0 Å². The lowest BCUT2D eigenvalue weighted by molar-refractivity contribution is 0.127. The maximum Gasteiger partial charge on any atom is 0.154 e. The molecule has 0 amide bonds. The van der Waals surface area contributed by atoms with Crippen molar-refractivity contribution in [3.63, 3.8) is 0 Å². The molecule has 0 unspecified atom stereocenters. The van der Waals surface area contributed by atoms with Gasteiger partial charge in [-0.1, -0.05) is 0 Å². The zero-order chi connectivity index (χ0) is 7.78. The number of methoxy groups -OCH3 is 1. The van der Waals surface area contributed by atoms with Gasteiger partial charge in [0.05, 0.1) is 23.0 Å². The Balaban J connectivity index is 2.71. The van der Waals surface area contributed by atoms with Crippen LogP contribution in [0.4, 0.5) is 0 Å². The SMILES string of the molecule is CO[C@H]1CS(=O)(=O)C[C@@H]1Cl. The van der Waals surface area contributed by atoms with E-state index in [0.29, 0.717) is 0 Å². The normalized spacial score (nSPS) is 38.2. The largest absolute Gasteiger partial charge is 0.379 e. The summed E-state index contributed by atoms with van der Waals surface area (Å²) in [6, 6.07) is 0. The Morgan fingerprint density at radius 1 is 1.50 bits per heavy atom. The summed E-state index contributed by atoms with van der Waals surface area (Å²) in [5.41, 5.74) is 0. The van der Waals surface area contributed by atoms with Crippen molar-refractivity contribution in [2.45, 2.75) is 11.5 Å². The van der Waals surface area contributed by atoms with Crippen LogP contribution < -0.4 is 0 Å². The number of alkyl halides is 1. The third-order valence-corrected chi connectivity index (χ3v) is 3.86. The smallest absolute Gasteiger partial charge is 0.154 e. The van der Waals surface area contributed by atoms with Crippen molar-refractivity contribution in [3.05, 3.63) is 0 Å². The van der Waals surface area contributed by atoms with Gasteiger partial charge in [0, 0.05) is 7.11 Å². The number of hydrogen-bond acceptors (Lipinski definition) is 3. The topological polar surface area (TPSA) is 43.4 Å². The van der Waals surface area contributed by atoms with Gasteiger partial charge in [-0.15, -0.1) is 11.6 Å². The lowest BCUT2D eigenvalue weighted by atomic mass is 10.3. The second kappa shape index (κ2) is 2.68. The van der Waals surface area contributed by atoms with E-state index < -0.39 is 9.84 Å². The minimum atomic E-state index is -2.91. The molecule has 0 aromatic heterocycles. The first-order valence-electron chi connectivity index (χ1n) is 2.92. The fraction of sp³-hybridized carbons (Fsp3) is 1.00. The van der Waals surface area contributed by atoms with Crippen LogP contribution in [-0.4, -0.2) is 38.5 Å². The fourth-order valence-corrected chi connectivity index (χ4v) is 3.57. The van der Waals surface area contributed by atoms with Gasteiger partial charge in [-0.2, -0.15) is 0 Å². The molecule has 60 valence electrons. The van der Waals surface area contributed by atoms with Gasteiger partial charge in [-0.25, -0.2) is 8.42 Å². The van der Waals surface area contributed by atoms with Crippen LogP contribution >= 0.6 is 11.6 Å². The molecular weight excluding hydrogens is 176 g/mol. The van der Waals surface area contributed by atoms with E-state index in [9.17, 15) is 8.42 Å². The van der Waals surface area contributed by atoms with E-state index in [-0.39, 0.29) is 23.0 Å². The minimum Gasteiger partial charge on any atom is -0.379 e. The van der Waals surface area contributed by atoms with E-state index in [0.717, 1.165) is 0 Å². The van der Waals surface area contributed by atoms with Gasteiger partial charge >= 0.3 is 0 Å². The number of hydrogen-bond donors (Lipinski definition) is 0. The monoisotopic (exact) mass is 184 g/mol. The molecule has 3 nitrogen and oxygen atoms in total. The van der Waals surface area contributed by atoms with Crippen LogP contribution in [0, 0.1) is 0 Å². The summed E-state index contributed by atoms with van der Waals surface area (Å²) >= 11 is 5.66. The first-order valence-corrected chi connectivity index (χ1v) is 5.18. The molecule has 1 rings (SSSR count). The van der Waals surface area contributed by atoms with Crippen molar-refractivity contribution in [3.8, 4) is 0 Å². The Kier molecular flexibility index (Phi) is 2.22. The molecule has 0 bridgehead atoms. The van der Waals surface area contributed by atoms with Gasteiger partial charge in [0.15, 0.2) is 9.84 Å². The summed E-state index contributed by atoms with van der Waals surface area (Å²) in [7, 11) is -1.44. The molecule has 0 aromatic rings. The molecule has 0 aliphatic carbocycles. The number of sulfone groups is 1. The van der Waals surface area contributed by atoms with Crippen LogP contribution in [0.5, 0.6) is 0 Å². The average molecular weight is 185 g/mol. The molecule has 10 heavy (non-hydrogen) atoms. The molecule has 1 saturated heterocycles. The Bertz CT molecular complexity index is 211. The zero-order valence-electron chi connectivity index (χ0n) is 5.58. The van der Waals surface area contributed by atoms with Crippen LogP contribution in [0.15, 0.2) is 0 Å². The summed E-state index contributed by atoms with van der Waals surface area (Å²) in [5, 5.41) is -0.366. The van der Waals surface area contributed by atoms with Crippen molar-refractivity contribution < 1.29 is 13.2 Å². The fourth-order valence-electron chi connectivity index (χ4n) is 0.988. The van der Waals surface area contributed by atoms with E-state index in [2.05, 4.69) is 0 Å². The maximum atomic E-state index is 10.8. The highest BCUT2D eigenvalue weighted by Gasteiger charge is 2.36. The highest BCUT2D eigenvalue weighted by Crippen LogP contribution is 2.19. The summed E-state index contributed by atoms with van der Waals surface area (Å²) in [6.45, 7) is 0. The zero-order valence-corrected chi connectivity index (χ0v) is 7.15. The summed E-state index contributed by atoms with van der Waals surface area (Å²) in [4.78, 5) is 0. The number of ether oxygens (including phenoxy) is 1. The molecule has 1 heterocycles. The van der Waals surface area contributed by atoms with E-state index in [1.165, 1.54) is 7.11 Å². The number of rotatable bonds is 1. The quantitative estimate of drug-likeness (QED) is 0.541. The summed E-state index contributed by atoms with van der Waals surface area (Å²) in [6.07, 6.45) is -0.313. The molecule has 0 aromatic carbocycles. The molecule has 0 N–H and O–H groups in total. The molecule has 1 aliphatic rings. The molecule has 1 fully saturated rings. The van der Waals surface area contributed by atoms with Gasteiger partial charge in [-0.3, -0.25) is 0 Å². The molecule has 0 saturated carbocycles. The number of halogens is 1. The van der Waals surface area contributed by atoms with Gasteiger partial charge in [0.1, 0.15) is 0 Å². The first kappa shape index (κ1) is 8.30. The van der Waals surface area contributed by atoms with Gasteiger partial charge in [0.2, 0.25) is 0 Å². The Hall–Kier alpha value is 0.200. The second-order valence-electron chi connectivity index (χ2n) is 2.37. The molecule has 1 aliphatic heterocycles. The van der Waals surface area contributed by atoms with Crippen molar-refractivity contribution >= 4 is 21.4 Å². The minimum absolute atomic E-state index is 0.0487. The van der Waals surface area contributed by atoms with Crippen molar-refractivity contribution in [2.75, 3.05) is 18.6 Å². The van der Waals surface area contributed by atoms with Crippen molar-refractivity contribution in [1.29, 1.82) is 0 Å². The average Bonchev–Trinajstić information content (AvgIpc) is 2.05. The predicted octanol–water partition coefficient (Wildman–Crippen LogP) is 0.0372. The highest BCUT2D eigenvalue weighted by atomic mass is 35.5.